The number of rotatable bonds is 8. The van der Waals surface area contributed by atoms with Crippen molar-refractivity contribution in [3.8, 4) is 11.5 Å². The summed E-state index contributed by atoms with van der Waals surface area (Å²) in [5.41, 5.74) is 2.42. The van der Waals surface area contributed by atoms with Gasteiger partial charge < -0.3 is 20.1 Å². The van der Waals surface area contributed by atoms with Gasteiger partial charge >= 0.3 is 0 Å². The molecule has 0 aliphatic heterocycles. The van der Waals surface area contributed by atoms with Crippen molar-refractivity contribution in [2.45, 2.75) is 6.42 Å². The van der Waals surface area contributed by atoms with Gasteiger partial charge in [-0.15, -0.1) is 0 Å². The van der Waals surface area contributed by atoms with Gasteiger partial charge in [0, 0.05) is 12.1 Å². The largest absolute Gasteiger partial charge is 0.497 e. The molecular weight excluding hydrogens is 354 g/mol. The normalized spacial score (nSPS) is 10.2. The molecule has 144 valence electrons. The molecule has 1 heterocycles. The van der Waals surface area contributed by atoms with Crippen molar-refractivity contribution >= 4 is 17.4 Å². The maximum Gasteiger partial charge on any atom is 0.255 e. The zero-order chi connectivity index (χ0) is 19.8. The van der Waals surface area contributed by atoms with E-state index in [9.17, 15) is 4.79 Å². The number of hydrogen-bond donors (Lipinski definition) is 2. The number of nitrogens with zero attached hydrogens (tertiary/aromatic N) is 1. The van der Waals surface area contributed by atoms with Gasteiger partial charge in [-0.2, -0.15) is 0 Å². The first-order valence-electron chi connectivity index (χ1n) is 8.96. The molecule has 0 saturated carbocycles. The Morgan fingerprint density at radius 1 is 0.893 bits per heavy atom. The summed E-state index contributed by atoms with van der Waals surface area (Å²) < 4.78 is 10.3. The highest BCUT2D eigenvalue weighted by Gasteiger charge is 2.06. The van der Waals surface area contributed by atoms with E-state index in [0.29, 0.717) is 17.0 Å². The minimum Gasteiger partial charge on any atom is -0.497 e. The first kappa shape index (κ1) is 19.2. The molecule has 0 bridgehead atoms. The van der Waals surface area contributed by atoms with Crippen LogP contribution < -0.4 is 20.1 Å². The zero-order valence-corrected chi connectivity index (χ0v) is 15.9. The number of hydrogen-bond acceptors (Lipinski definition) is 5. The Labute approximate surface area is 164 Å². The Bertz CT molecular complexity index is 892. The summed E-state index contributed by atoms with van der Waals surface area (Å²) in [4.78, 5) is 16.6. The maximum absolute atomic E-state index is 12.3. The second-order valence-electron chi connectivity index (χ2n) is 6.14. The Balaban J connectivity index is 1.49. The number of nitrogens with one attached hydrogen (secondary N) is 2. The number of carbonyl (C=O) groups is 1. The maximum atomic E-state index is 12.3. The number of carbonyl (C=O) groups excluding carboxylic acids is 1. The Morgan fingerprint density at radius 3 is 2.11 bits per heavy atom. The third kappa shape index (κ3) is 5.23. The van der Waals surface area contributed by atoms with Crippen LogP contribution in [-0.2, 0) is 6.42 Å². The van der Waals surface area contributed by atoms with Crippen molar-refractivity contribution in [1.29, 1.82) is 0 Å². The lowest BCUT2D eigenvalue weighted by atomic mass is 10.1. The Hall–Kier alpha value is -3.54. The molecule has 0 fully saturated rings. The van der Waals surface area contributed by atoms with Gasteiger partial charge in [0.2, 0.25) is 0 Å². The van der Waals surface area contributed by atoms with Gasteiger partial charge in [0.25, 0.3) is 5.91 Å². The molecule has 1 amide bonds. The van der Waals surface area contributed by atoms with Crippen molar-refractivity contribution in [1.82, 2.24) is 4.98 Å². The average molecular weight is 377 g/mol. The molecule has 1 aromatic heterocycles. The number of amides is 1. The van der Waals surface area contributed by atoms with Gasteiger partial charge in [0.1, 0.15) is 17.3 Å². The highest BCUT2D eigenvalue weighted by Crippen LogP contribution is 2.15. The number of anilines is 2. The van der Waals surface area contributed by atoms with E-state index in [1.165, 1.54) is 5.56 Å². The first-order valence-corrected chi connectivity index (χ1v) is 8.96. The van der Waals surface area contributed by atoms with Crippen LogP contribution in [0.3, 0.4) is 0 Å². The van der Waals surface area contributed by atoms with E-state index in [0.717, 1.165) is 24.5 Å². The van der Waals surface area contributed by atoms with Gasteiger partial charge in [-0.1, -0.05) is 12.1 Å². The quantitative estimate of drug-likeness (QED) is 0.621. The fraction of sp³-hybridized carbons (Fsp3) is 0.182. The lowest BCUT2D eigenvalue weighted by Gasteiger charge is -2.09. The molecule has 6 heteroatoms. The monoisotopic (exact) mass is 377 g/mol. The van der Waals surface area contributed by atoms with E-state index in [1.54, 1.807) is 44.7 Å². The summed E-state index contributed by atoms with van der Waals surface area (Å²) in [6.45, 7) is 0.761. The van der Waals surface area contributed by atoms with E-state index in [-0.39, 0.29) is 5.91 Å². The third-order valence-electron chi connectivity index (χ3n) is 4.25. The van der Waals surface area contributed by atoms with Crippen LogP contribution in [-0.4, -0.2) is 31.7 Å². The predicted molar refractivity (Wildman–Crippen MR) is 110 cm³/mol. The topological polar surface area (TPSA) is 72.5 Å². The number of benzene rings is 2. The molecule has 0 spiro atoms. The smallest absolute Gasteiger partial charge is 0.255 e. The summed E-state index contributed by atoms with van der Waals surface area (Å²) in [6, 6.07) is 18.6. The molecule has 6 nitrogen and oxygen atoms in total. The average Bonchev–Trinajstić information content (AvgIpc) is 2.75. The van der Waals surface area contributed by atoms with E-state index < -0.39 is 0 Å². The fourth-order valence-electron chi connectivity index (χ4n) is 2.65. The van der Waals surface area contributed by atoms with Crippen molar-refractivity contribution in [3.05, 3.63) is 78.0 Å². The van der Waals surface area contributed by atoms with Gasteiger partial charge in [-0.25, -0.2) is 4.98 Å². The highest BCUT2D eigenvalue weighted by atomic mass is 16.5. The molecule has 0 aliphatic rings. The third-order valence-corrected chi connectivity index (χ3v) is 4.25. The van der Waals surface area contributed by atoms with Gasteiger partial charge in [0.05, 0.1) is 26.1 Å². The number of aromatic nitrogens is 1. The minimum absolute atomic E-state index is 0.190. The predicted octanol–water partition coefficient (Wildman–Crippen LogP) is 4.01. The molecule has 28 heavy (non-hydrogen) atoms. The molecular formula is C22H23N3O3. The summed E-state index contributed by atoms with van der Waals surface area (Å²) in [5, 5.41) is 6.11. The van der Waals surface area contributed by atoms with E-state index in [2.05, 4.69) is 15.6 Å². The van der Waals surface area contributed by atoms with Gasteiger partial charge in [-0.05, 0) is 60.5 Å². The SMILES string of the molecule is COc1ccc(CCNc2ccc(NC(=O)c3ccc(OC)cc3)cn2)cc1. The van der Waals surface area contributed by atoms with Crippen molar-refractivity contribution < 1.29 is 14.3 Å². The van der Waals surface area contributed by atoms with Crippen LogP contribution in [0.2, 0.25) is 0 Å². The molecule has 3 rings (SSSR count). The molecule has 0 unspecified atom stereocenters. The van der Waals surface area contributed by atoms with Crippen LogP contribution in [0.4, 0.5) is 11.5 Å². The molecule has 2 N–H and O–H groups in total. The Kier molecular flexibility index (Phi) is 6.46. The number of ether oxygens (including phenoxy) is 2. The van der Waals surface area contributed by atoms with Crippen LogP contribution in [0.1, 0.15) is 15.9 Å². The molecule has 0 atom stereocenters. The number of methoxy groups -OCH3 is 2. The van der Waals surface area contributed by atoms with E-state index in [4.69, 9.17) is 9.47 Å². The van der Waals surface area contributed by atoms with Crippen molar-refractivity contribution in [2.24, 2.45) is 0 Å². The van der Waals surface area contributed by atoms with Crippen LogP contribution >= 0.6 is 0 Å². The van der Waals surface area contributed by atoms with Crippen LogP contribution in [0, 0.1) is 0 Å². The van der Waals surface area contributed by atoms with E-state index >= 15 is 0 Å². The lowest BCUT2D eigenvalue weighted by Crippen LogP contribution is -2.12. The van der Waals surface area contributed by atoms with Crippen LogP contribution in [0.25, 0.3) is 0 Å². The first-order chi connectivity index (χ1) is 13.7. The van der Waals surface area contributed by atoms with Gasteiger partial charge in [0.15, 0.2) is 0 Å². The Morgan fingerprint density at radius 2 is 1.54 bits per heavy atom. The van der Waals surface area contributed by atoms with Gasteiger partial charge in [-0.3, -0.25) is 4.79 Å². The van der Waals surface area contributed by atoms with Crippen molar-refractivity contribution in [2.75, 3.05) is 31.4 Å². The summed E-state index contributed by atoms with van der Waals surface area (Å²) in [6.07, 6.45) is 2.51. The molecule has 3 aromatic rings. The van der Waals surface area contributed by atoms with Crippen LogP contribution in [0.15, 0.2) is 66.9 Å². The second-order valence-corrected chi connectivity index (χ2v) is 6.14. The zero-order valence-electron chi connectivity index (χ0n) is 15.9. The molecule has 0 saturated heterocycles. The lowest BCUT2D eigenvalue weighted by molar-refractivity contribution is 0.102. The standard InChI is InChI=1S/C22H23N3O3/c1-27-19-8-3-16(4-9-19)13-14-23-21-12-7-18(15-24-21)25-22(26)17-5-10-20(28-2)11-6-17/h3-12,15H,13-14H2,1-2H3,(H,23,24)(H,25,26). The fourth-order valence-corrected chi connectivity index (χ4v) is 2.65. The summed E-state index contributed by atoms with van der Waals surface area (Å²) in [5.74, 6) is 2.13. The summed E-state index contributed by atoms with van der Waals surface area (Å²) >= 11 is 0. The molecule has 0 radical (unpaired) electrons. The van der Waals surface area contributed by atoms with Crippen molar-refractivity contribution in [3.63, 3.8) is 0 Å². The molecule has 0 aliphatic carbocycles. The second kappa shape index (κ2) is 9.41. The summed E-state index contributed by atoms with van der Waals surface area (Å²) in [7, 11) is 3.25. The highest BCUT2D eigenvalue weighted by molar-refractivity contribution is 6.04. The molecule has 2 aromatic carbocycles. The number of pyridine rings is 1. The van der Waals surface area contributed by atoms with Crippen LogP contribution in [0.5, 0.6) is 11.5 Å². The van der Waals surface area contributed by atoms with E-state index in [1.807, 2.05) is 36.4 Å². The minimum atomic E-state index is -0.190.